The molecule has 0 spiro atoms. The summed E-state index contributed by atoms with van der Waals surface area (Å²) in [6.07, 6.45) is -9.11. The second-order valence-corrected chi connectivity index (χ2v) is 12.1. The van der Waals surface area contributed by atoms with Gasteiger partial charge < -0.3 is 44.9 Å². The number of nitrogens with one attached hydrogen (secondary N) is 1. The predicted molar refractivity (Wildman–Crippen MR) is 177 cm³/mol. The number of methoxy groups -OCH3 is 1. The van der Waals surface area contributed by atoms with E-state index >= 15 is 0 Å². The first-order valence-electron chi connectivity index (χ1n) is 12.4. The summed E-state index contributed by atoms with van der Waals surface area (Å²) in [5.41, 5.74) is 3.57. The summed E-state index contributed by atoms with van der Waals surface area (Å²) < 4.78 is 24.2. The summed E-state index contributed by atoms with van der Waals surface area (Å²) in [5.74, 6) is -12.0. The molecule has 47 heavy (non-hydrogen) atoms. The highest BCUT2D eigenvalue weighted by Gasteiger charge is 2.46. The Balaban J connectivity index is 4.22. The number of hydrogen-bond donors (Lipinski definition) is 4. The minimum absolute atomic E-state index is 0.246. The fraction of sp³-hybridized carbons (Fsp3) is 0.400. The van der Waals surface area contributed by atoms with E-state index in [1.54, 1.807) is 0 Å². The molecule has 0 aliphatic rings. The maximum atomic E-state index is 13.8. The van der Waals surface area contributed by atoms with Crippen LogP contribution < -0.4 is 16.0 Å². The van der Waals surface area contributed by atoms with Gasteiger partial charge in [0.2, 0.25) is 24.7 Å². The lowest BCUT2D eigenvalue weighted by Gasteiger charge is -2.37. The van der Waals surface area contributed by atoms with E-state index < -0.39 is 102 Å². The summed E-state index contributed by atoms with van der Waals surface area (Å²) in [7, 11) is 1.07. The minimum atomic E-state index is -2.44. The highest BCUT2D eigenvalue weighted by atomic mass is 127. The summed E-state index contributed by atoms with van der Waals surface area (Å²) >= 11 is 4.47. The highest BCUT2D eigenvalue weighted by Crippen LogP contribution is 2.39. The van der Waals surface area contributed by atoms with E-state index in [0.29, 0.717) is 4.90 Å². The van der Waals surface area contributed by atoms with E-state index in [2.05, 4.69) is 0 Å². The molecule has 0 saturated heterocycles. The van der Waals surface area contributed by atoms with Gasteiger partial charge in [0.05, 0.1) is 24.0 Å². The van der Waals surface area contributed by atoms with E-state index in [-0.39, 0.29) is 10.7 Å². The van der Waals surface area contributed by atoms with Crippen LogP contribution in [-0.2, 0) is 57.2 Å². The molecule has 0 aliphatic heterocycles. The number of carboxylic acid groups (broad SMARTS) is 2. The maximum Gasteiger partial charge on any atom is 0.337 e. The molecule has 4 unspecified atom stereocenters. The molecule has 0 bridgehead atoms. The van der Waals surface area contributed by atoms with Crippen LogP contribution in [0.25, 0.3) is 0 Å². The number of hydrogen-bond acceptors (Lipinski definition) is 14. The average molecular weight is 1010 g/mol. The summed E-state index contributed by atoms with van der Waals surface area (Å²) in [6.45, 7) is 2.50. The number of primary amides is 1. The van der Waals surface area contributed by atoms with Crippen LogP contribution in [0.15, 0.2) is 0 Å². The number of nitrogens with two attached hydrogens (primary N) is 1. The first kappa shape index (κ1) is 41.6. The number of ether oxygens (including phenoxy) is 5. The molecular formula is C25H26I3N3O16. The van der Waals surface area contributed by atoms with Crippen LogP contribution in [-0.4, -0.2) is 102 Å². The standard InChI is InChI=1S/C25H26I3N3O16/c1-7(32)44-18(20(29)37)22(46-9(3)34)30-21(38)19(45-8(2)33)23(47-10(4)35)31(11(36)6-43-5)17-15(27)12(24(39)40)14(26)13(16(17)28)25(41)42/h18-19,22-23H,6H2,1-5H3,(H2,29,37)(H,30,38)(H,39,40)(H,41,42). The van der Waals surface area contributed by atoms with E-state index in [4.69, 9.17) is 29.4 Å². The third-order valence-corrected chi connectivity index (χ3v) is 8.46. The molecule has 22 heteroatoms. The van der Waals surface area contributed by atoms with Gasteiger partial charge in [0, 0.05) is 38.4 Å². The first-order valence-corrected chi connectivity index (χ1v) is 15.7. The molecular weight excluding hydrogens is 979 g/mol. The van der Waals surface area contributed by atoms with Crippen LogP contribution in [0.5, 0.6) is 0 Å². The average Bonchev–Trinajstić information content (AvgIpc) is 2.90. The van der Waals surface area contributed by atoms with Crippen LogP contribution >= 0.6 is 67.8 Å². The van der Waals surface area contributed by atoms with Crippen molar-refractivity contribution in [1.82, 2.24) is 5.32 Å². The lowest BCUT2D eigenvalue weighted by atomic mass is 10.1. The molecule has 4 atom stereocenters. The number of nitrogens with zero attached hydrogens (tertiary/aromatic N) is 1. The summed E-state index contributed by atoms with van der Waals surface area (Å²) in [4.78, 5) is 113. The van der Waals surface area contributed by atoms with E-state index in [1.807, 2.05) is 5.32 Å². The van der Waals surface area contributed by atoms with Crippen molar-refractivity contribution in [3.8, 4) is 0 Å². The van der Waals surface area contributed by atoms with Crippen molar-refractivity contribution in [2.24, 2.45) is 5.73 Å². The van der Waals surface area contributed by atoms with Crippen LogP contribution in [0.3, 0.4) is 0 Å². The van der Waals surface area contributed by atoms with E-state index in [0.717, 1.165) is 34.8 Å². The number of halogens is 3. The molecule has 3 amide bonds. The van der Waals surface area contributed by atoms with Crippen molar-refractivity contribution in [3.63, 3.8) is 0 Å². The lowest BCUT2D eigenvalue weighted by molar-refractivity contribution is -0.179. The monoisotopic (exact) mass is 1000 g/mol. The van der Waals surface area contributed by atoms with Gasteiger partial charge in [-0.25, -0.2) is 9.59 Å². The molecule has 0 heterocycles. The molecule has 258 valence electrons. The maximum absolute atomic E-state index is 13.8. The molecule has 0 fully saturated rings. The van der Waals surface area contributed by atoms with Gasteiger partial charge in [0.25, 0.3) is 17.7 Å². The Labute approximate surface area is 305 Å². The Morgan fingerprint density at radius 1 is 0.723 bits per heavy atom. The predicted octanol–water partition coefficient (Wildman–Crippen LogP) is 0.120. The number of amides is 3. The van der Waals surface area contributed by atoms with Crippen LogP contribution in [0.4, 0.5) is 5.69 Å². The number of carbonyl (C=O) groups excluding carboxylic acids is 7. The molecule has 19 nitrogen and oxygen atoms in total. The third-order valence-electron chi connectivity index (χ3n) is 5.28. The van der Waals surface area contributed by atoms with Gasteiger partial charge in [-0.3, -0.25) is 38.5 Å². The SMILES string of the molecule is COCC(=O)N(c1c(I)c(C(=O)O)c(I)c(C(=O)O)c1I)C(OC(C)=O)C(OC(C)=O)C(=O)NC(OC(C)=O)C(OC(C)=O)C(N)=O. The van der Waals surface area contributed by atoms with Crippen LogP contribution in [0.1, 0.15) is 48.4 Å². The quantitative estimate of drug-likeness (QED) is 0.0786. The molecule has 1 rings (SSSR count). The number of rotatable bonds is 15. The molecule has 0 saturated carbocycles. The number of carboxylic acids is 2. The molecule has 1 aromatic carbocycles. The fourth-order valence-corrected chi connectivity index (χ4v) is 8.29. The number of esters is 4. The smallest absolute Gasteiger partial charge is 0.337 e. The van der Waals surface area contributed by atoms with Gasteiger partial charge in [0.1, 0.15) is 6.61 Å². The Morgan fingerprint density at radius 2 is 1.15 bits per heavy atom. The minimum Gasteiger partial charge on any atom is -0.478 e. The number of benzene rings is 1. The fourth-order valence-electron chi connectivity index (χ4n) is 3.68. The van der Waals surface area contributed by atoms with E-state index in [9.17, 15) is 53.4 Å². The molecule has 0 aliphatic carbocycles. The molecule has 0 aromatic heterocycles. The molecule has 5 N–H and O–H groups in total. The Bertz CT molecular complexity index is 1460. The highest BCUT2D eigenvalue weighted by molar-refractivity contribution is 14.1. The van der Waals surface area contributed by atoms with Gasteiger partial charge in [-0.2, -0.15) is 0 Å². The zero-order chi connectivity index (χ0) is 36.5. The van der Waals surface area contributed by atoms with Crippen molar-refractivity contribution in [2.75, 3.05) is 18.6 Å². The zero-order valence-corrected chi connectivity index (χ0v) is 31.3. The Morgan fingerprint density at radius 3 is 1.51 bits per heavy atom. The zero-order valence-electron chi connectivity index (χ0n) is 24.8. The Kier molecular flexibility index (Phi) is 16.1. The number of carbonyl (C=O) groups is 9. The van der Waals surface area contributed by atoms with Gasteiger partial charge in [0.15, 0.2) is 0 Å². The normalized spacial score (nSPS) is 13.1. The topological polar surface area (TPSA) is 282 Å². The van der Waals surface area contributed by atoms with Crippen molar-refractivity contribution in [2.45, 2.75) is 52.4 Å². The lowest BCUT2D eigenvalue weighted by Crippen LogP contribution is -2.61. The second kappa shape index (κ2) is 18.2. The second-order valence-electron chi connectivity index (χ2n) is 8.85. The Hall–Kier alpha value is -3.40. The van der Waals surface area contributed by atoms with Crippen molar-refractivity contribution < 1.29 is 77.0 Å². The van der Waals surface area contributed by atoms with Crippen molar-refractivity contribution in [1.29, 1.82) is 0 Å². The number of anilines is 1. The number of aromatic carboxylic acids is 2. The van der Waals surface area contributed by atoms with E-state index in [1.165, 1.54) is 67.8 Å². The van der Waals surface area contributed by atoms with Gasteiger partial charge in [-0.15, -0.1) is 0 Å². The first-order chi connectivity index (χ1) is 21.7. The van der Waals surface area contributed by atoms with Crippen molar-refractivity contribution in [3.05, 3.63) is 21.8 Å². The summed E-state index contributed by atoms with van der Waals surface area (Å²) in [6, 6.07) is 0. The van der Waals surface area contributed by atoms with Gasteiger partial charge in [-0.05, 0) is 67.8 Å². The molecule has 0 radical (unpaired) electrons. The molecule has 1 aromatic rings. The van der Waals surface area contributed by atoms with Crippen LogP contribution in [0.2, 0.25) is 0 Å². The van der Waals surface area contributed by atoms with Gasteiger partial charge in [-0.1, -0.05) is 0 Å². The van der Waals surface area contributed by atoms with Crippen molar-refractivity contribution >= 4 is 127 Å². The van der Waals surface area contributed by atoms with Crippen LogP contribution in [0, 0.1) is 10.7 Å². The largest absolute Gasteiger partial charge is 0.478 e. The third kappa shape index (κ3) is 11.1. The summed E-state index contributed by atoms with van der Waals surface area (Å²) in [5, 5.41) is 21.9. The van der Waals surface area contributed by atoms with Gasteiger partial charge >= 0.3 is 35.8 Å².